The van der Waals surface area contributed by atoms with Gasteiger partial charge in [-0.25, -0.2) is 0 Å². The summed E-state index contributed by atoms with van der Waals surface area (Å²) in [6.45, 7) is 0.533. The van der Waals surface area contributed by atoms with Crippen LogP contribution in [0.3, 0.4) is 0 Å². The monoisotopic (exact) mass is 140 g/mol. The first kappa shape index (κ1) is 3.62. The van der Waals surface area contributed by atoms with Crippen LogP contribution in [0.1, 0.15) is 6.42 Å². The van der Waals surface area contributed by atoms with Crippen LogP contribution < -0.4 is 0 Å². The average molecular weight is 141 g/mol. The highest BCUT2D eigenvalue weighted by Crippen LogP contribution is 1.81. The number of aliphatic hydroxyl groups is 1. The van der Waals surface area contributed by atoms with Crippen molar-refractivity contribution in [2.24, 2.45) is 0 Å². The van der Waals surface area contributed by atoms with Crippen LogP contribution in [-0.4, -0.2) is 18.5 Å². The first-order valence-corrected chi connectivity index (χ1v) is 2.68. The van der Waals surface area contributed by atoms with E-state index in [2.05, 4.69) is 21.0 Å². The molecule has 0 fully saturated rings. The SMILES string of the molecule is [3H]OCCCBr. The fraction of sp³-hybridized carbons (Fsp3) is 1.00. The second-order valence-corrected chi connectivity index (χ2v) is 1.54. The summed E-state index contributed by atoms with van der Waals surface area (Å²) >= 11 is 3.19. The minimum Gasteiger partial charge on any atom is -0.396 e. The highest BCUT2D eigenvalue weighted by molar-refractivity contribution is 9.09. The second-order valence-electron chi connectivity index (χ2n) is 0.747. The summed E-state index contributed by atoms with van der Waals surface area (Å²) in [6, 6.07) is 0. The van der Waals surface area contributed by atoms with Crippen LogP contribution in [0.4, 0.5) is 0 Å². The van der Waals surface area contributed by atoms with E-state index < -0.39 is 0 Å². The van der Waals surface area contributed by atoms with Gasteiger partial charge in [-0.05, 0) is 6.42 Å². The third-order valence-electron chi connectivity index (χ3n) is 0.278. The molecule has 0 radical (unpaired) electrons. The zero-order valence-electron chi connectivity index (χ0n) is 3.91. The van der Waals surface area contributed by atoms with Crippen molar-refractivity contribution in [3.63, 3.8) is 0 Å². The van der Waals surface area contributed by atoms with E-state index in [0.717, 1.165) is 11.8 Å². The fourth-order valence-electron chi connectivity index (χ4n) is 0.0546. The Morgan fingerprint density at radius 2 is 2.80 bits per heavy atom. The number of rotatable bonds is 3. The first-order valence-electron chi connectivity index (χ1n) is 1.96. The lowest BCUT2D eigenvalue weighted by Crippen LogP contribution is -1.78. The number of halogens is 1. The highest BCUT2D eigenvalue weighted by atomic mass is 79.9. The molecule has 1 N–H and O–H groups in total. The van der Waals surface area contributed by atoms with Gasteiger partial charge in [0.05, 0.1) is 0 Å². The lowest BCUT2D eigenvalue weighted by atomic mass is 10.5. The molecule has 0 aromatic rings. The van der Waals surface area contributed by atoms with Crippen molar-refractivity contribution < 1.29 is 5.11 Å². The number of aliphatic hydroxyl groups excluding tert-OH is 1. The van der Waals surface area contributed by atoms with Crippen LogP contribution in [0.5, 0.6) is 0 Å². The molecule has 0 aromatic heterocycles. The molecule has 0 atom stereocenters. The van der Waals surface area contributed by atoms with Crippen LogP contribution >= 0.6 is 15.9 Å². The van der Waals surface area contributed by atoms with Crippen LogP contribution in [0, 0.1) is 0 Å². The summed E-state index contributed by atoms with van der Waals surface area (Å²) < 4.78 is 6.19. The molecule has 32 valence electrons. The van der Waals surface area contributed by atoms with E-state index in [1.165, 1.54) is 0 Å². The van der Waals surface area contributed by atoms with Gasteiger partial charge in [-0.1, -0.05) is 15.9 Å². The Kier molecular flexibility index (Phi) is 3.22. The van der Waals surface area contributed by atoms with Crippen molar-refractivity contribution in [3.8, 4) is 0 Å². The van der Waals surface area contributed by atoms with E-state index in [9.17, 15) is 0 Å². The van der Waals surface area contributed by atoms with E-state index in [0.29, 0.717) is 6.61 Å². The van der Waals surface area contributed by atoms with Gasteiger partial charge in [0.1, 0.15) is 0 Å². The molecule has 0 saturated heterocycles. The molecule has 0 heterocycles. The Balaban J connectivity index is 2.34. The molecule has 0 unspecified atom stereocenters. The third kappa shape index (κ3) is 4.44. The molecule has 0 aliphatic carbocycles. The van der Waals surface area contributed by atoms with Crippen molar-refractivity contribution in [1.29, 1.82) is 1.43 Å². The maximum Gasteiger partial charge on any atom is 0.210 e. The topological polar surface area (TPSA) is 20.2 Å². The molecule has 0 amide bonds. The van der Waals surface area contributed by atoms with E-state index in [1.807, 2.05) is 0 Å². The summed E-state index contributed by atoms with van der Waals surface area (Å²) in [7, 11) is 0. The Bertz CT molecular complexity index is 22.8. The van der Waals surface area contributed by atoms with Crippen LogP contribution in [0.25, 0.3) is 0 Å². The third-order valence-corrected chi connectivity index (χ3v) is 0.839. The van der Waals surface area contributed by atoms with Gasteiger partial charge in [-0.15, -0.1) is 0 Å². The Morgan fingerprint density at radius 3 is 3.00 bits per heavy atom. The fourth-order valence-corrected chi connectivity index (χ4v) is 0.283. The maximum absolute atomic E-state index is 6.19. The van der Waals surface area contributed by atoms with Gasteiger partial charge >= 0.3 is 0 Å². The van der Waals surface area contributed by atoms with E-state index in [4.69, 9.17) is 1.43 Å². The standard InChI is InChI=1S/C3H7BrO/c4-2-1-3-5/h5H,1-3H2/i5T. The molecule has 0 bridgehead atoms. The molecular formula is C3H7BrO. The summed E-state index contributed by atoms with van der Waals surface area (Å²) in [4.78, 5) is 0. The molecule has 0 spiro atoms. The quantitative estimate of drug-likeness (QED) is 0.454. The lowest BCUT2D eigenvalue weighted by Gasteiger charge is -1.78. The predicted molar refractivity (Wildman–Crippen MR) is 25.5 cm³/mol. The summed E-state index contributed by atoms with van der Waals surface area (Å²) in [5.74, 6) is 0. The van der Waals surface area contributed by atoms with Crippen LogP contribution in [-0.2, 0) is 0 Å². The Labute approximate surface area is 41.6 Å². The molecule has 0 aliphatic rings. The summed E-state index contributed by atoms with van der Waals surface area (Å²) in [5.41, 5.74) is 0. The van der Waals surface area contributed by atoms with Crippen molar-refractivity contribution in [2.75, 3.05) is 11.9 Å². The van der Waals surface area contributed by atoms with Crippen molar-refractivity contribution in [3.05, 3.63) is 0 Å². The average Bonchev–Trinajstić information content (AvgIpc) is 1.61. The Hall–Kier alpha value is 0.440. The molecule has 0 aromatic carbocycles. The van der Waals surface area contributed by atoms with Crippen molar-refractivity contribution in [2.45, 2.75) is 6.42 Å². The van der Waals surface area contributed by atoms with Gasteiger partial charge in [0, 0.05) is 11.9 Å². The van der Waals surface area contributed by atoms with Crippen molar-refractivity contribution >= 4 is 15.9 Å². The molecule has 0 saturated carbocycles. The molecule has 1 nitrogen and oxygen atoms in total. The molecule has 5 heavy (non-hydrogen) atoms. The smallest absolute Gasteiger partial charge is 0.210 e. The number of alkyl halides is 1. The van der Waals surface area contributed by atoms with Gasteiger partial charge in [0.2, 0.25) is 1.43 Å². The van der Waals surface area contributed by atoms with Gasteiger partial charge in [0.25, 0.3) is 0 Å². The minimum absolute atomic E-state index is 0.533. The van der Waals surface area contributed by atoms with Gasteiger partial charge in [-0.3, -0.25) is 0 Å². The van der Waals surface area contributed by atoms with E-state index in [-0.39, 0.29) is 0 Å². The van der Waals surface area contributed by atoms with Gasteiger partial charge < -0.3 is 5.11 Å². The molecule has 0 aliphatic heterocycles. The number of hydrogen-bond donors (Lipinski definition) is 1. The van der Waals surface area contributed by atoms with E-state index in [1.54, 1.807) is 0 Å². The highest BCUT2D eigenvalue weighted by Gasteiger charge is 1.70. The number of hydrogen-bond acceptors (Lipinski definition) is 1. The Morgan fingerprint density at radius 1 is 2.00 bits per heavy atom. The summed E-state index contributed by atoms with van der Waals surface area (Å²) in [5, 5.41) is 4.92. The van der Waals surface area contributed by atoms with Crippen LogP contribution in [0.15, 0.2) is 0 Å². The molecule has 0 rings (SSSR count). The zero-order valence-corrected chi connectivity index (χ0v) is 4.49. The minimum atomic E-state index is 0.533. The predicted octanol–water partition coefficient (Wildman–Crippen LogP) is 0.764. The van der Waals surface area contributed by atoms with Gasteiger partial charge in [0.15, 0.2) is 0 Å². The van der Waals surface area contributed by atoms with E-state index >= 15 is 0 Å². The molecule has 2 heteroatoms. The normalized spacial score (nSPS) is 11.0. The largest absolute Gasteiger partial charge is 0.396 e. The van der Waals surface area contributed by atoms with Gasteiger partial charge in [-0.2, -0.15) is 0 Å². The first-order chi connectivity index (χ1) is 2.91. The maximum atomic E-state index is 6.19. The summed E-state index contributed by atoms with van der Waals surface area (Å²) in [6.07, 6.45) is 0.920. The molecular weight excluding hydrogens is 132 g/mol. The second kappa shape index (κ2) is 4.44. The van der Waals surface area contributed by atoms with Crippen LogP contribution in [0.2, 0.25) is 0 Å². The zero-order chi connectivity index (χ0) is 4.83. The van der Waals surface area contributed by atoms with Crippen molar-refractivity contribution in [1.82, 2.24) is 0 Å². The lowest BCUT2D eigenvalue weighted by molar-refractivity contribution is 0.296.